The summed E-state index contributed by atoms with van der Waals surface area (Å²) in [5.74, 6) is 1.06. The highest BCUT2D eigenvalue weighted by molar-refractivity contribution is 6.28. The van der Waals surface area contributed by atoms with E-state index in [1.54, 1.807) is 0 Å². The van der Waals surface area contributed by atoms with E-state index in [1.165, 1.54) is 0 Å². The van der Waals surface area contributed by atoms with Crippen molar-refractivity contribution < 1.29 is 9.47 Å². The molecule has 1 aliphatic heterocycles. The molecule has 0 aliphatic carbocycles. The van der Waals surface area contributed by atoms with Crippen LogP contribution in [0.15, 0.2) is 0 Å². The second-order valence-corrected chi connectivity index (χ2v) is 4.83. The monoisotopic (exact) mass is 286 g/mol. The maximum Gasteiger partial charge on any atom is 0.322 e. The van der Waals surface area contributed by atoms with Crippen LogP contribution in [0.25, 0.3) is 0 Å². The fourth-order valence-corrected chi connectivity index (χ4v) is 2.01. The summed E-state index contributed by atoms with van der Waals surface area (Å²) >= 11 is 5.85. The molecule has 106 valence electrons. The number of nitrogens with zero attached hydrogens (tertiary/aromatic N) is 3. The molecular formula is C12H19ClN4O2. The van der Waals surface area contributed by atoms with Crippen molar-refractivity contribution in [3.63, 3.8) is 0 Å². The lowest BCUT2D eigenvalue weighted by Crippen LogP contribution is -2.23. The molecule has 1 aliphatic rings. The Morgan fingerprint density at radius 2 is 2.11 bits per heavy atom. The topological polar surface area (TPSA) is 69.2 Å². The third kappa shape index (κ3) is 4.80. The highest BCUT2D eigenvalue weighted by Crippen LogP contribution is 2.16. The van der Waals surface area contributed by atoms with Crippen molar-refractivity contribution in [1.82, 2.24) is 15.0 Å². The summed E-state index contributed by atoms with van der Waals surface area (Å²) in [5, 5.41) is 3.34. The van der Waals surface area contributed by atoms with Gasteiger partial charge in [-0.3, -0.25) is 0 Å². The van der Waals surface area contributed by atoms with E-state index in [2.05, 4.69) is 20.3 Å². The molecule has 0 spiro atoms. The largest absolute Gasteiger partial charge is 0.463 e. The molecule has 0 atom stereocenters. The van der Waals surface area contributed by atoms with E-state index in [9.17, 15) is 0 Å². The van der Waals surface area contributed by atoms with Crippen molar-refractivity contribution in [2.24, 2.45) is 5.92 Å². The Labute approximate surface area is 117 Å². The Morgan fingerprint density at radius 3 is 2.84 bits per heavy atom. The van der Waals surface area contributed by atoms with Crippen molar-refractivity contribution in [3.8, 4) is 6.01 Å². The summed E-state index contributed by atoms with van der Waals surface area (Å²) < 4.78 is 10.7. The maximum absolute atomic E-state index is 5.85. The number of aromatic nitrogens is 3. The van der Waals surface area contributed by atoms with E-state index < -0.39 is 0 Å². The van der Waals surface area contributed by atoms with E-state index in [-0.39, 0.29) is 11.3 Å². The molecular weight excluding hydrogens is 268 g/mol. The summed E-state index contributed by atoms with van der Waals surface area (Å²) in [5.41, 5.74) is 0. The number of hydrogen-bond acceptors (Lipinski definition) is 6. The lowest BCUT2D eigenvalue weighted by atomic mass is 10.0. The molecule has 2 heterocycles. The Bertz CT molecular complexity index is 399. The lowest BCUT2D eigenvalue weighted by molar-refractivity contribution is 0.0699. The SMILES string of the molecule is CCCOc1nc(Cl)nc(NCC2CCOCC2)n1. The minimum Gasteiger partial charge on any atom is -0.463 e. The first kappa shape index (κ1) is 14.3. The van der Waals surface area contributed by atoms with Crippen molar-refractivity contribution in [3.05, 3.63) is 5.28 Å². The van der Waals surface area contributed by atoms with Crippen LogP contribution in [-0.2, 0) is 4.74 Å². The highest BCUT2D eigenvalue weighted by Gasteiger charge is 2.14. The molecule has 7 heteroatoms. The average Bonchev–Trinajstić information content (AvgIpc) is 2.43. The van der Waals surface area contributed by atoms with Crippen LogP contribution >= 0.6 is 11.6 Å². The summed E-state index contributed by atoms with van der Waals surface area (Å²) in [6, 6.07) is 0.274. The Kier molecular flexibility index (Phi) is 5.60. The van der Waals surface area contributed by atoms with Gasteiger partial charge in [0.2, 0.25) is 11.2 Å². The molecule has 1 saturated heterocycles. The first-order valence-corrected chi connectivity index (χ1v) is 7.01. The number of anilines is 1. The minimum absolute atomic E-state index is 0.149. The molecule has 1 aromatic heterocycles. The number of halogens is 1. The highest BCUT2D eigenvalue weighted by atomic mass is 35.5. The molecule has 1 aromatic rings. The number of nitrogens with one attached hydrogen (secondary N) is 1. The predicted molar refractivity (Wildman–Crippen MR) is 72.7 cm³/mol. The van der Waals surface area contributed by atoms with Gasteiger partial charge in [-0.05, 0) is 36.8 Å². The van der Waals surface area contributed by atoms with Crippen LogP contribution in [0.2, 0.25) is 5.28 Å². The fourth-order valence-electron chi connectivity index (χ4n) is 1.86. The molecule has 0 saturated carbocycles. The smallest absolute Gasteiger partial charge is 0.322 e. The molecule has 1 fully saturated rings. The zero-order valence-corrected chi connectivity index (χ0v) is 11.8. The molecule has 0 radical (unpaired) electrons. The van der Waals surface area contributed by atoms with Gasteiger partial charge in [0.1, 0.15) is 0 Å². The number of ether oxygens (including phenoxy) is 2. The summed E-state index contributed by atoms with van der Waals surface area (Å²) in [6.45, 7) is 5.06. The number of rotatable bonds is 6. The van der Waals surface area contributed by atoms with E-state index in [0.717, 1.165) is 39.0 Å². The fraction of sp³-hybridized carbons (Fsp3) is 0.750. The zero-order chi connectivity index (χ0) is 13.5. The van der Waals surface area contributed by atoms with Gasteiger partial charge in [0.15, 0.2) is 0 Å². The maximum atomic E-state index is 5.85. The van der Waals surface area contributed by atoms with Crippen LogP contribution < -0.4 is 10.1 Å². The van der Waals surface area contributed by atoms with Crippen LogP contribution in [0.4, 0.5) is 5.95 Å². The second kappa shape index (κ2) is 7.45. The molecule has 6 nitrogen and oxygen atoms in total. The van der Waals surface area contributed by atoms with E-state index >= 15 is 0 Å². The lowest BCUT2D eigenvalue weighted by Gasteiger charge is -2.22. The normalized spacial score (nSPS) is 16.3. The van der Waals surface area contributed by atoms with Gasteiger partial charge in [-0.15, -0.1) is 0 Å². The minimum atomic E-state index is 0.149. The van der Waals surface area contributed by atoms with Crippen LogP contribution in [0.1, 0.15) is 26.2 Å². The Balaban J connectivity index is 1.89. The van der Waals surface area contributed by atoms with E-state index in [0.29, 0.717) is 18.5 Å². The van der Waals surface area contributed by atoms with Crippen LogP contribution in [0.5, 0.6) is 6.01 Å². The quantitative estimate of drug-likeness (QED) is 0.864. The van der Waals surface area contributed by atoms with E-state index in [1.807, 2.05) is 6.92 Å². The van der Waals surface area contributed by atoms with Gasteiger partial charge < -0.3 is 14.8 Å². The van der Waals surface area contributed by atoms with Gasteiger partial charge in [0, 0.05) is 19.8 Å². The van der Waals surface area contributed by atoms with Gasteiger partial charge in [-0.25, -0.2) is 0 Å². The first-order valence-electron chi connectivity index (χ1n) is 6.64. The van der Waals surface area contributed by atoms with Gasteiger partial charge in [-0.1, -0.05) is 6.92 Å². The van der Waals surface area contributed by atoms with Crippen LogP contribution in [0.3, 0.4) is 0 Å². The standard InChI is InChI=1S/C12H19ClN4O2/c1-2-5-19-12-16-10(13)15-11(17-12)14-8-9-3-6-18-7-4-9/h9H,2-8H2,1H3,(H,14,15,16,17). The van der Waals surface area contributed by atoms with E-state index in [4.69, 9.17) is 21.1 Å². The summed E-state index contributed by atoms with van der Waals surface area (Å²) in [7, 11) is 0. The molecule has 0 aromatic carbocycles. The summed E-state index contributed by atoms with van der Waals surface area (Å²) in [6.07, 6.45) is 3.02. The van der Waals surface area contributed by atoms with Gasteiger partial charge in [-0.2, -0.15) is 15.0 Å². The predicted octanol–water partition coefficient (Wildman–Crippen LogP) is 2.15. The first-order chi connectivity index (χ1) is 9.28. The molecule has 1 N–H and O–H groups in total. The van der Waals surface area contributed by atoms with Crippen molar-refractivity contribution in [2.45, 2.75) is 26.2 Å². The van der Waals surface area contributed by atoms with Crippen LogP contribution in [-0.4, -0.2) is 41.3 Å². The van der Waals surface area contributed by atoms with Gasteiger partial charge >= 0.3 is 6.01 Å². The van der Waals surface area contributed by atoms with Crippen molar-refractivity contribution in [2.75, 3.05) is 31.7 Å². The third-order valence-corrected chi connectivity index (χ3v) is 3.08. The van der Waals surface area contributed by atoms with Crippen molar-refractivity contribution >= 4 is 17.5 Å². The third-order valence-electron chi connectivity index (χ3n) is 2.91. The zero-order valence-electron chi connectivity index (χ0n) is 11.1. The summed E-state index contributed by atoms with van der Waals surface area (Å²) in [4.78, 5) is 12.2. The number of hydrogen-bond donors (Lipinski definition) is 1. The van der Waals surface area contributed by atoms with Gasteiger partial charge in [0.05, 0.1) is 6.61 Å². The van der Waals surface area contributed by atoms with Crippen molar-refractivity contribution in [1.29, 1.82) is 0 Å². The molecule has 19 heavy (non-hydrogen) atoms. The van der Waals surface area contributed by atoms with Gasteiger partial charge in [0.25, 0.3) is 0 Å². The Morgan fingerprint density at radius 1 is 1.32 bits per heavy atom. The Hall–Kier alpha value is -1.14. The molecule has 0 unspecified atom stereocenters. The molecule has 0 amide bonds. The average molecular weight is 287 g/mol. The van der Waals surface area contributed by atoms with Crippen LogP contribution in [0, 0.1) is 5.92 Å². The molecule has 2 rings (SSSR count). The second-order valence-electron chi connectivity index (χ2n) is 4.50. The molecule has 0 bridgehead atoms.